The summed E-state index contributed by atoms with van der Waals surface area (Å²) >= 11 is 0. The van der Waals surface area contributed by atoms with Gasteiger partial charge >= 0.3 is 0 Å². The van der Waals surface area contributed by atoms with Crippen LogP contribution in [0.5, 0.6) is 5.75 Å². The number of hydrogen-bond donors (Lipinski definition) is 0. The zero-order valence-corrected chi connectivity index (χ0v) is 12.4. The van der Waals surface area contributed by atoms with Gasteiger partial charge < -0.3 is 4.74 Å². The van der Waals surface area contributed by atoms with Crippen LogP contribution in [0.3, 0.4) is 0 Å². The van der Waals surface area contributed by atoms with Crippen molar-refractivity contribution >= 4 is 0 Å². The van der Waals surface area contributed by atoms with E-state index in [0.717, 1.165) is 24.2 Å². The highest BCUT2D eigenvalue weighted by Gasteiger charge is 2.22. The van der Waals surface area contributed by atoms with Gasteiger partial charge in [-0.2, -0.15) is 0 Å². The van der Waals surface area contributed by atoms with Gasteiger partial charge in [-0.05, 0) is 67.7 Å². The van der Waals surface area contributed by atoms with Crippen LogP contribution in [0, 0.1) is 25.7 Å². The summed E-state index contributed by atoms with van der Waals surface area (Å²) in [6.45, 7) is 5.40. The topological polar surface area (TPSA) is 9.23 Å². The van der Waals surface area contributed by atoms with Gasteiger partial charge in [0.2, 0.25) is 0 Å². The number of benzene rings is 1. The molecule has 1 aromatic rings. The van der Waals surface area contributed by atoms with Crippen LogP contribution in [0.25, 0.3) is 0 Å². The Bertz CT molecular complexity index is 439. The third-order valence-corrected chi connectivity index (χ3v) is 5.00. The van der Waals surface area contributed by atoms with Crippen molar-refractivity contribution in [2.75, 3.05) is 6.61 Å². The van der Waals surface area contributed by atoms with E-state index >= 15 is 0 Å². The van der Waals surface area contributed by atoms with E-state index < -0.39 is 0 Å². The molecular weight excluding hydrogens is 232 g/mol. The normalized spacial score (nSPS) is 19.9. The van der Waals surface area contributed by atoms with Crippen molar-refractivity contribution in [1.29, 1.82) is 0 Å². The molecule has 0 atom stereocenters. The van der Waals surface area contributed by atoms with E-state index in [-0.39, 0.29) is 0 Å². The third kappa shape index (κ3) is 3.13. The Labute approximate surface area is 117 Å². The van der Waals surface area contributed by atoms with Gasteiger partial charge in [-0.15, -0.1) is 0 Å². The molecule has 1 nitrogen and oxygen atoms in total. The molecule has 19 heavy (non-hydrogen) atoms. The average molecular weight is 258 g/mol. The molecule has 2 fully saturated rings. The van der Waals surface area contributed by atoms with Crippen LogP contribution in [0.15, 0.2) is 12.1 Å². The number of ether oxygens (including phenoxy) is 1. The van der Waals surface area contributed by atoms with E-state index in [1.165, 1.54) is 56.1 Å². The molecule has 0 saturated heterocycles. The lowest BCUT2D eigenvalue weighted by atomic mass is 9.92. The van der Waals surface area contributed by atoms with E-state index in [1.54, 1.807) is 5.56 Å². The minimum Gasteiger partial charge on any atom is -0.493 e. The summed E-state index contributed by atoms with van der Waals surface area (Å²) in [4.78, 5) is 0. The van der Waals surface area contributed by atoms with Crippen molar-refractivity contribution in [3.8, 4) is 5.75 Å². The summed E-state index contributed by atoms with van der Waals surface area (Å²) in [5.74, 6) is 2.87. The van der Waals surface area contributed by atoms with Gasteiger partial charge in [-0.1, -0.05) is 31.7 Å². The highest BCUT2D eigenvalue weighted by Crippen LogP contribution is 2.33. The van der Waals surface area contributed by atoms with E-state index in [9.17, 15) is 0 Å². The first-order chi connectivity index (χ1) is 9.24. The monoisotopic (exact) mass is 258 g/mol. The Kier molecular flexibility index (Phi) is 3.81. The molecule has 0 aliphatic heterocycles. The SMILES string of the molecule is Cc1c(CC2CCCC2)ccc(OCC2CC2)c1C. The van der Waals surface area contributed by atoms with Crippen LogP contribution < -0.4 is 4.74 Å². The molecule has 0 N–H and O–H groups in total. The minimum absolute atomic E-state index is 0.831. The molecule has 0 amide bonds. The number of rotatable bonds is 5. The number of hydrogen-bond acceptors (Lipinski definition) is 1. The van der Waals surface area contributed by atoms with Crippen LogP contribution in [0.4, 0.5) is 0 Å². The predicted octanol–water partition coefficient (Wildman–Crippen LogP) is 4.82. The molecule has 0 heterocycles. The molecule has 1 aromatic carbocycles. The molecule has 0 aromatic heterocycles. The van der Waals surface area contributed by atoms with Crippen molar-refractivity contribution in [2.24, 2.45) is 11.8 Å². The fraction of sp³-hybridized carbons (Fsp3) is 0.667. The maximum atomic E-state index is 5.97. The van der Waals surface area contributed by atoms with Gasteiger partial charge in [0.05, 0.1) is 6.61 Å². The van der Waals surface area contributed by atoms with E-state index in [0.29, 0.717) is 0 Å². The summed E-state index contributed by atoms with van der Waals surface area (Å²) in [5.41, 5.74) is 4.36. The van der Waals surface area contributed by atoms with Gasteiger partial charge in [-0.25, -0.2) is 0 Å². The van der Waals surface area contributed by atoms with Crippen LogP contribution in [-0.4, -0.2) is 6.61 Å². The highest BCUT2D eigenvalue weighted by atomic mass is 16.5. The first kappa shape index (κ1) is 13.0. The van der Waals surface area contributed by atoms with Crippen molar-refractivity contribution in [3.63, 3.8) is 0 Å². The standard InChI is InChI=1S/C18H26O/c1-13-14(2)18(19-12-16-7-8-16)10-9-17(13)11-15-5-3-4-6-15/h9-10,15-16H,3-8,11-12H2,1-2H3. The lowest BCUT2D eigenvalue weighted by Crippen LogP contribution is -2.05. The van der Waals surface area contributed by atoms with Crippen LogP contribution in [-0.2, 0) is 6.42 Å². The van der Waals surface area contributed by atoms with Crippen LogP contribution in [0.1, 0.15) is 55.2 Å². The fourth-order valence-electron chi connectivity index (χ4n) is 3.25. The van der Waals surface area contributed by atoms with Crippen molar-refractivity contribution < 1.29 is 4.74 Å². The molecule has 0 spiro atoms. The highest BCUT2D eigenvalue weighted by molar-refractivity contribution is 5.43. The Morgan fingerprint density at radius 3 is 2.37 bits per heavy atom. The molecule has 3 rings (SSSR count). The molecule has 2 saturated carbocycles. The molecule has 104 valence electrons. The molecule has 1 heteroatoms. The zero-order chi connectivity index (χ0) is 13.2. The first-order valence-corrected chi connectivity index (χ1v) is 7.96. The summed E-state index contributed by atoms with van der Waals surface area (Å²) in [6.07, 6.45) is 9.72. The Balaban J connectivity index is 1.68. The summed E-state index contributed by atoms with van der Waals surface area (Å²) in [7, 11) is 0. The quantitative estimate of drug-likeness (QED) is 0.735. The van der Waals surface area contributed by atoms with E-state index in [4.69, 9.17) is 4.74 Å². The second-order valence-corrected chi connectivity index (χ2v) is 6.58. The fourth-order valence-corrected chi connectivity index (χ4v) is 3.25. The maximum Gasteiger partial charge on any atom is 0.122 e. The van der Waals surface area contributed by atoms with Crippen molar-refractivity contribution in [1.82, 2.24) is 0 Å². The molecule has 0 bridgehead atoms. The smallest absolute Gasteiger partial charge is 0.122 e. The Morgan fingerprint density at radius 1 is 0.947 bits per heavy atom. The predicted molar refractivity (Wildman–Crippen MR) is 79.8 cm³/mol. The van der Waals surface area contributed by atoms with Crippen LogP contribution >= 0.6 is 0 Å². The molecule has 0 unspecified atom stereocenters. The van der Waals surface area contributed by atoms with Gasteiger partial charge in [0.1, 0.15) is 5.75 Å². The molecule has 2 aliphatic rings. The lowest BCUT2D eigenvalue weighted by molar-refractivity contribution is 0.297. The van der Waals surface area contributed by atoms with Gasteiger partial charge in [0.25, 0.3) is 0 Å². The first-order valence-electron chi connectivity index (χ1n) is 7.96. The van der Waals surface area contributed by atoms with Gasteiger partial charge in [0.15, 0.2) is 0 Å². The summed E-state index contributed by atoms with van der Waals surface area (Å²) in [5, 5.41) is 0. The van der Waals surface area contributed by atoms with Crippen LogP contribution in [0.2, 0.25) is 0 Å². The molecular formula is C18H26O. The Hall–Kier alpha value is -0.980. The van der Waals surface area contributed by atoms with Gasteiger partial charge in [-0.3, -0.25) is 0 Å². The maximum absolute atomic E-state index is 5.97. The van der Waals surface area contributed by atoms with E-state index in [2.05, 4.69) is 26.0 Å². The summed E-state index contributed by atoms with van der Waals surface area (Å²) in [6, 6.07) is 4.51. The lowest BCUT2D eigenvalue weighted by Gasteiger charge is -2.16. The Morgan fingerprint density at radius 2 is 1.68 bits per heavy atom. The zero-order valence-electron chi connectivity index (χ0n) is 12.4. The summed E-state index contributed by atoms with van der Waals surface area (Å²) < 4.78 is 5.97. The van der Waals surface area contributed by atoms with E-state index in [1.807, 2.05) is 0 Å². The van der Waals surface area contributed by atoms with Gasteiger partial charge in [0, 0.05) is 0 Å². The second-order valence-electron chi connectivity index (χ2n) is 6.58. The third-order valence-electron chi connectivity index (χ3n) is 5.00. The minimum atomic E-state index is 0.831. The molecule has 0 radical (unpaired) electrons. The largest absolute Gasteiger partial charge is 0.493 e. The van der Waals surface area contributed by atoms with Crippen molar-refractivity contribution in [2.45, 2.75) is 58.8 Å². The second kappa shape index (κ2) is 5.56. The molecule has 2 aliphatic carbocycles. The average Bonchev–Trinajstić information content (AvgIpc) is 3.10. The van der Waals surface area contributed by atoms with Crippen molar-refractivity contribution in [3.05, 3.63) is 28.8 Å².